The van der Waals surface area contributed by atoms with Gasteiger partial charge < -0.3 is 10.3 Å². The number of hydrogen-bond acceptors (Lipinski definition) is 4. The molecule has 0 unspecified atom stereocenters. The van der Waals surface area contributed by atoms with Gasteiger partial charge in [-0.3, -0.25) is 9.69 Å². The van der Waals surface area contributed by atoms with Gasteiger partial charge in [0, 0.05) is 53.7 Å². The van der Waals surface area contributed by atoms with Gasteiger partial charge in [0.1, 0.15) is 5.65 Å². The lowest BCUT2D eigenvalue weighted by atomic mass is 10.0. The number of hydrogen-bond donors (Lipinski definition) is 2. The van der Waals surface area contributed by atoms with E-state index >= 15 is 0 Å². The number of fused-ring (bicyclic) bond motifs is 3. The second-order valence-corrected chi connectivity index (χ2v) is 7.79. The van der Waals surface area contributed by atoms with Gasteiger partial charge in [0.25, 0.3) is 5.56 Å². The van der Waals surface area contributed by atoms with Gasteiger partial charge in [0.05, 0.1) is 0 Å². The fraction of sp³-hybridized carbons (Fsp3) is 0.250. The molecule has 1 aliphatic heterocycles. The number of rotatable bonds is 4. The summed E-state index contributed by atoms with van der Waals surface area (Å²) < 4.78 is 0. The highest BCUT2D eigenvalue weighted by atomic mass is 16.1. The molecule has 2 aromatic heterocycles. The van der Waals surface area contributed by atoms with Gasteiger partial charge in [-0.05, 0) is 48.7 Å². The predicted octanol–water partition coefficient (Wildman–Crippen LogP) is 4.15. The van der Waals surface area contributed by atoms with Crippen molar-refractivity contribution in [3.05, 3.63) is 82.8 Å². The van der Waals surface area contributed by atoms with Crippen LogP contribution in [0.4, 0.5) is 5.69 Å². The molecular formula is C24H24N4O. The van der Waals surface area contributed by atoms with E-state index in [4.69, 9.17) is 0 Å². The van der Waals surface area contributed by atoms with E-state index in [1.165, 1.54) is 5.56 Å². The molecule has 4 aromatic rings. The van der Waals surface area contributed by atoms with Crippen molar-refractivity contribution in [3.63, 3.8) is 0 Å². The van der Waals surface area contributed by atoms with Crippen molar-refractivity contribution < 1.29 is 0 Å². The van der Waals surface area contributed by atoms with Crippen LogP contribution in [0.3, 0.4) is 0 Å². The van der Waals surface area contributed by atoms with Crippen LogP contribution in [0, 0.1) is 0 Å². The maximum absolute atomic E-state index is 12.4. The van der Waals surface area contributed by atoms with Crippen LogP contribution in [-0.2, 0) is 6.54 Å². The molecule has 0 aliphatic carbocycles. The molecule has 146 valence electrons. The topological polar surface area (TPSA) is 61.0 Å². The molecule has 0 bridgehead atoms. The van der Waals surface area contributed by atoms with E-state index in [1.54, 1.807) is 6.20 Å². The summed E-state index contributed by atoms with van der Waals surface area (Å²) in [6.45, 7) is 3.20. The standard InChI is InChI=1S/C24H24N4O/c29-24-21-9-8-19(15-22(21)20-7-4-12-25-23(20)27-24)26-18-10-13-28(14-11-18)16-17-5-2-1-3-6-17/h1-9,12,15,18,26H,10-11,13-14,16H2,(H,25,27,29). The van der Waals surface area contributed by atoms with E-state index in [1.807, 2.05) is 24.3 Å². The highest BCUT2D eigenvalue weighted by Gasteiger charge is 2.19. The Labute approximate surface area is 169 Å². The Balaban J connectivity index is 1.31. The van der Waals surface area contributed by atoms with Crippen LogP contribution in [0.25, 0.3) is 21.8 Å². The van der Waals surface area contributed by atoms with Crippen LogP contribution in [-0.4, -0.2) is 34.0 Å². The Hall–Kier alpha value is -3.18. The van der Waals surface area contributed by atoms with Gasteiger partial charge in [0.2, 0.25) is 0 Å². The number of benzene rings is 2. The Morgan fingerprint density at radius 3 is 2.62 bits per heavy atom. The number of likely N-dealkylation sites (tertiary alicyclic amines) is 1. The Kier molecular flexibility index (Phi) is 4.74. The largest absolute Gasteiger partial charge is 0.382 e. The summed E-state index contributed by atoms with van der Waals surface area (Å²) in [6.07, 6.45) is 3.93. The smallest absolute Gasteiger partial charge is 0.257 e. The lowest BCUT2D eigenvalue weighted by Crippen LogP contribution is -2.38. The highest BCUT2D eigenvalue weighted by Crippen LogP contribution is 2.25. The number of aromatic amines is 1. The monoisotopic (exact) mass is 384 g/mol. The van der Waals surface area contributed by atoms with Crippen molar-refractivity contribution in [2.45, 2.75) is 25.4 Å². The number of nitrogens with one attached hydrogen (secondary N) is 2. The minimum absolute atomic E-state index is 0.0908. The zero-order chi connectivity index (χ0) is 19.6. The van der Waals surface area contributed by atoms with Crippen LogP contribution in [0.2, 0.25) is 0 Å². The molecule has 1 saturated heterocycles. The third-order valence-corrected chi connectivity index (χ3v) is 5.80. The summed E-state index contributed by atoms with van der Waals surface area (Å²) in [5.74, 6) is 0. The van der Waals surface area contributed by atoms with E-state index in [0.29, 0.717) is 17.1 Å². The molecule has 1 aliphatic rings. The van der Waals surface area contributed by atoms with E-state index in [-0.39, 0.29) is 5.56 Å². The van der Waals surface area contributed by atoms with Crippen molar-refractivity contribution in [2.24, 2.45) is 0 Å². The van der Waals surface area contributed by atoms with Crippen molar-refractivity contribution in [3.8, 4) is 0 Å². The van der Waals surface area contributed by atoms with E-state index in [0.717, 1.165) is 48.9 Å². The van der Waals surface area contributed by atoms with E-state index in [2.05, 4.69) is 56.6 Å². The minimum atomic E-state index is -0.0908. The number of anilines is 1. The molecule has 2 aromatic carbocycles. The third kappa shape index (κ3) is 3.74. The molecule has 5 heteroatoms. The number of H-pyrrole nitrogens is 1. The molecular weight excluding hydrogens is 360 g/mol. The molecule has 0 saturated carbocycles. The van der Waals surface area contributed by atoms with Crippen LogP contribution < -0.4 is 10.9 Å². The molecule has 3 heterocycles. The molecule has 0 radical (unpaired) electrons. The average molecular weight is 384 g/mol. The second-order valence-electron chi connectivity index (χ2n) is 7.79. The fourth-order valence-corrected chi connectivity index (χ4v) is 4.26. The minimum Gasteiger partial charge on any atom is -0.382 e. The molecule has 2 N–H and O–H groups in total. The van der Waals surface area contributed by atoms with Crippen molar-refractivity contribution in [1.29, 1.82) is 0 Å². The molecule has 0 spiro atoms. The zero-order valence-electron chi connectivity index (χ0n) is 16.3. The highest BCUT2D eigenvalue weighted by molar-refractivity contribution is 6.05. The lowest BCUT2D eigenvalue weighted by Gasteiger charge is -2.33. The fourth-order valence-electron chi connectivity index (χ4n) is 4.26. The molecule has 1 fully saturated rings. The van der Waals surface area contributed by atoms with Crippen LogP contribution in [0.15, 0.2) is 71.7 Å². The van der Waals surface area contributed by atoms with Gasteiger partial charge in [0.15, 0.2) is 0 Å². The maximum Gasteiger partial charge on any atom is 0.257 e. The van der Waals surface area contributed by atoms with Gasteiger partial charge in [-0.15, -0.1) is 0 Å². The van der Waals surface area contributed by atoms with E-state index in [9.17, 15) is 4.79 Å². The maximum atomic E-state index is 12.4. The first-order chi connectivity index (χ1) is 14.3. The number of pyridine rings is 2. The van der Waals surface area contributed by atoms with Crippen LogP contribution in [0.5, 0.6) is 0 Å². The Bertz CT molecular complexity index is 1190. The lowest BCUT2D eigenvalue weighted by molar-refractivity contribution is 0.211. The average Bonchev–Trinajstić information content (AvgIpc) is 2.76. The first-order valence-electron chi connectivity index (χ1n) is 10.2. The summed E-state index contributed by atoms with van der Waals surface area (Å²) in [7, 11) is 0. The molecule has 5 nitrogen and oxygen atoms in total. The van der Waals surface area contributed by atoms with Crippen LogP contribution >= 0.6 is 0 Å². The van der Waals surface area contributed by atoms with Crippen molar-refractivity contribution >= 4 is 27.5 Å². The third-order valence-electron chi connectivity index (χ3n) is 5.80. The van der Waals surface area contributed by atoms with Crippen LogP contribution in [0.1, 0.15) is 18.4 Å². The zero-order valence-corrected chi connectivity index (χ0v) is 16.3. The number of piperidine rings is 1. The van der Waals surface area contributed by atoms with Gasteiger partial charge in [-0.25, -0.2) is 4.98 Å². The van der Waals surface area contributed by atoms with Crippen molar-refractivity contribution in [1.82, 2.24) is 14.9 Å². The van der Waals surface area contributed by atoms with Gasteiger partial charge >= 0.3 is 0 Å². The van der Waals surface area contributed by atoms with Gasteiger partial charge in [-0.1, -0.05) is 30.3 Å². The van der Waals surface area contributed by atoms with Crippen molar-refractivity contribution in [2.75, 3.05) is 18.4 Å². The molecule has 0 amide bonds. The number of aromatic nitrogens is 2. The first-order valence-corrected chi connectivity index (χ1v) is 10.2. The summed E-state index contributed by atoms with van der Waals surface area (Å²) in [5.41, 5.74) is 2.98. The normalized spacial score (nSPS) is 15.7. The van der Waals surface area contributed by atoms with Gasteiger partial charge in [-0.2, -0.15) is 0 Å². The summed E-state index contributed by atoms with van der Waals surface area (Å²) in [5, 5.41) is 6.31. The predicted molar refractivity (Wildman–Crippen MR) is 118 cm³/mol. The SMILES string of the molecule is O=c1[nH]c2ncccc2c2cc(NC3CCN(Cc4ccccc4)CC3)ccc12. The Morgan fingerprint density at radius 2 is 1.79 bits per heavy atom. The first kappa shape index (κ1) is 17.9. The second kappa shape index (κ2) is 7.68. The Morgan fingerprint density at radius 1 is 0.966 bits per heavy atom. The molecule has 0 atom stereocenters. The summed E-state index contributed by atoms with van der Waals surface area (Å²) in [6, 6.07) is 21.0. The number of nitrogens with zero attached hydrogens (tertiary/aromatic N) is 2. The quantitative estimate of drug-likeness (QED) is 0.519. The molecule has 29 heavy (non-hydrogen) atoms. The summed E-state index contributed by atoms with van der Waals surface area (Å²) in [4.78, 5) is 22.0. The summed E-state index contributed by atoms with van der Waals surface area (Å²) >= 11 is 0. The van der Waals surface area contributed by atoms with E-state index < -0.39 is 0 Å². The molecule has 5 rings (SSSR count).